The molecule has 1 saturated heterocycles. The molecule has 170 valence electrons. The molecule has 1 aromatic rings. The predicted octanol–water partition coefficient (Wildman–Crippen LogP) is 2.14. The Bertz CT molecular complexity index is 667. The molecule has 7 nitrogen and oxygen atoms in total. The van der Waals surface area contributed by atoms with Crippen molar-refractivity contribution in [2.45, 2.75) is 39.3 Å². The maximum Gasteiger partial charge on any atom is 0.251 e. The standard InChI is InChI=1S/C22H38N6O.HI/c1-5-23-22(26-17-20-11-8-13-28(20)6-2)25-16-18-9-7-10-19(15-18)21(29)24-12-14-27(3)4;/h7,9-10,15,20H,5-6,8,11-14,16-17H2,1-4H3,(H,24,29)(H2,23,25,26);1H. The monoisotopic (exact) mass is 530 g/mol. The van der Waals surface area contributed by atoms with Crippen LogP contribution in [-0.4, -0.2) is 81.1 Å². The highest BCUT2D eigenvalue weighted by Gasteiger charge is 2.22. The van der Waals surface area contributed by atoms with Gasteiger partial charge < -0.3 is 20.9 Å². The minimum absolute atomic E-state index is 0. The fourth-order valence-corrected chi connectivity index (χ4v) is 3.58. The molecule has 2 rings (SSSR count). The van der Waals surface area contributed by atoms with Gasteiger partial charge in [-0.2, -0.15) is 0 Å². The minimum atomic E-state index is -0.0383. The van der Waals surface area contributed by atoms with Gasteiger partial charge in [-0.15, -0.1) is 24.0 Å². The fourth-order valence-electron chi connectivity index (χ4n) is 3.58. The van der Waals surface area contributed by atoms with Gasteiger partial charge in [0.15, 0.2) is 5.96 Å². The third-order valence-corrected chi connectivity index (χ3v) is 5.21. The van der Waals surface area contributed by atoms with Gasteiger partial charge in [0.1, 0.15) is 0 Å². The Hall–Kier alpha value is -1.39. The molecular formula is C22H39IN6O. The van der Waals surface area contributed by atoms with E-state index in [1.807, 2.05) is 43.3 Å². The second kappa shape index (κ2) is 14.6. The topological polar surface area (TPSA) is 72.0 Å². The van der Waals surface area contributed by atoms with Crippen LogP contribution in [0.1, 0.15) is 42.6 Å². The van der Waals surface area contributed by atoms with Crippen molar-refractivity contribution in [1.82, 2.24) is 25.8 Å². The number of carbonyl (C=O) groups excluding carboxylic acids is 1. The summed E-state index contributed by atoms with van der Waals surface area (Å²) in [6, 6.07) is 8.29. The van der Waals surface area contributed by atoms with E-state index >= 15 is 0 Å². The first kappa shape index (κ1) is 26.6. The average molecular weight is 530 g/mol. The zero-order valence-electron chi connectivity index (χ0n) is 18.9. The maximum atomic E-state index is 12.3. The van der Waals surface area contributed by atoms with Crippen LogP contribution in [0.25, 0.3) is 0 Å². The number of hydrogen-bond acceptors (Lipinski definition) is 4. The summed E-state index contributed by atoms with van der Waals surface area (Å²) in [6.45, 7) is 10.3. The van der Waals surface area contributed by atoms with Crippen LogP contribution in [0.15, 0.2) is 29.3 Å². The summed E-state index contributed by atoms with van der Waals surface area (Å²) < 4.78 is 0. The number of hydrogen-bond donors (Lipinski definition) is 3. The lowest BCUT2D eigenvalue weighted by molar-refractivity contribution is 0.0951. The van der Waals surface area contributed by atoms with Crippen LogP contribution < -0.4 is 16.0 Å². The molecule has 0 radical (unpaired) electrons. The molecule has 0 aromatic heterocycles. The highest BCUT2D eigenvalue weighted by Crippen LogP contribution is 2.15. The van der Waals surface area contributed by atoms with Crippen molar-refractivity contribution in [3.8, 4) is 0 Å². The number of rotatable bonds is 10. The van der Waals surface area contributed by atoms with Crippen LogP contribution in [-0.2, 0) is 6.54 Å². The number of carbonyl (C=O) groups is 1. The quantitative estimate of drug-likeness (QED) is 0.246. The van der Waals surface area contributed by atoms with E-state index in [0.29, 0.717) is 24.7 Å². The molecule has 1 aliphatic rings. The van der Waals surface area contributed by atoms with E-state index < -0.39 is 0 Å². The minimum Gasteiger partial charge on any atom is -0.357 e. The number of amides is 1. The van der Waals surface area contributed by atoms with Crippen molar-refractivity contribution in [2.24, 2.45) is 4.99 Å². The lowest BCUT2D eigenvalue weighted by Crippen LogP contribution is -2.44. The number of halogens is 1. The second-order valence-electron chi connectivity index (χ2n) is 7.76. The van der Waals surface area contributed by atoms with Crippen molar-refractivity contribution in [3.63, 3.8) is 0 Å². The molecule has 1 atom stereocenters. The summed E-state index contributed by atoms with van der Waals surface area (Å²) in [5, 5.41) is 9.77. The first-order valence-electron chi connectivity index (χ1n) is 10.8. The Morgan fingerprint density at radius 2 is 2.03 bits per heavy atom. The number of likely N-dealkylation sites (N-methyl/N-ethyl adjacent to an activating group) is 2. The van der Waals surface area contributed by atoms with Gasteiger partial charge in [0.2, 0.25) is 0 Å². The summed E-state index contributed by atoms with van der Waals surface area (Å²) >= 11 is 0. The average Bonchev–Trinajstić information content (AvgIpc) is 3.17. The van der Waals surface area contributed by atoms with Crippen LogP contribution in [0.3, 0.4) is 0 Å². The van der Waals surface area contributed by atoms with Crippen molar-refractivity contribution in [3.05, 3.63) is 35.4 Å². The van der Waals surface area contributed by atoms with Crippen LogP contribution in [0.4, 0.5) is 0 Å². The van der Waals surface area contributed by atoms with Crippen LogP contribution in [0.2, 0.25) is 0 Å². The fraction of sp³-hybridized carbons (Fsp3) is 0.636. The van der Waals surface area contributed by atoms with E-state index in [4.69, 9.17) is 4.99 Å². The zero-order chi connectivity index (χ0) is 21.1. The summed E-state index contributed by atoms with van der Waals surface area (Å²) in [5.74, 6) is 0.792. The van der Waals surface area contributed by atoms with Crippen LogP contribution in [0.5, 0.6) is 0 Å². The van der Waals surface area contributed by atoms with Crippen molar-refractivity contribution < 1.29 is 4.79 Å². The Balaban J connectivity index is 0.00000450. The second-order valence-corrected chi connectivity index (χ2v) is 7.76. The molecule has 1 unspecified atom stereocenters. The SMILES string of the molecule is CCNC(=NCc1cccc(C(=O)NCCN(C)C)c1)NCC1CCCN1CC.I. The van der Waals surface area contributed by atoms with Gasteiger partial charge in [0.05, 0.1) is 6.54 Å². The Morgan fingerprint density at radius 1 is 1.23 bits per heavy atom. The van der Waals surface area contributed by atoms with Crippen molar-refractivity contribution >= 4 is 35.8 Å². The summed E-state index contributed by atoms with van der Waals surface area (Å²) in [4.78, 5) is 21.6. The number of aliphatic imine (C=N–C) groups is 1. The molecule has 1 aliphatic heterocycles. The smallest absolute Gasteiger partial charge is 0.251 e. The lowest BCUT2D eigenvalue weighted by Gasteiger charge is -2.24. The number of benzene rings is 1. The number of nitrogens with zero attached hydrogens (tertiary/aromatic N) is 3. The molecule has 8 heteroatoms. The number of likely N-dealkylation sites (tertiary alicyclic amines) is 1. The third kappa shape index (κ3) is 9.18. The van der Waals surface area contributed by atoms with E-state index in [9.17, 15) is 4.79 Å². The van der Waals surface area contributed by atoms with Crippen molar-refractivity contribution in [2.75, 3.05) is 53.4 Å². The van der Waals surface area contributed by atoms with Crippen molar-refractivity contribution in [1.29, 1.82) is 0 Å². The van der Waals surface area contributed by atoms with E-state index in [1.54, 1.807) is 0 Å². The molecule has 3 N–H and O–H groups in total. The van der Waals surface area contributed by atoms with Gasteiger partial charge in [0.25, 0.3) is 5.91 Å². The molecule has 1 amide bonds. The van der Waals surface area contributed by atoms with Crippen LogP contribution in [0, 0.1) is 0 Å². The summed E-state index contributed by atoms with van der Waals surface area (Å²) in [6.07, 6.45) is 2.52. The van der Waals surface area contributed by atoms with Gasteiger partial charge in [0, 0.05) is 37.8 Å². The largest absolute Gasteiger partial charge is 0.357 e. The molecular weight excluding hydrogens is 491 g/mol. The van der Waals surface area contributed by atoms with E-state index in [1.165, 1.54) is 19.4 Å². The highest BCUT2D eigenvalue weighted by atomic mass is 127. The number of guanidine groups is 1. The Labute approximate surface area is 199 Å². The predicted molar refractivity (Wildman–Crippen MR) is 136 cm³/mol. The Kier molecular flexibility index (Phi) is 13.0. The first-order chi connectivity index (χ1) is 14.0. The van der Waals surface area contributed by atoms with E-state index in [-0.39, 0.29) is 29.9 Å². The molecule has 1 heterocycles. The Morgan fingerprint density at radius 3 is 2.73 bits per heavy atom. The molecule has 1 aromatic carbocycles. The zero-order valence-corrected chi connectivity index (χ0v) is 21.2. The van der Waals surface area contributed by atoms with E-state index in [2.05, 4.69) is 34.7 Å². The van der Waals surface area contributed by atoms with Gasteiger partial charge in [-0.05, 0) is 64.6 Å². The van der Waals surface area contributed by atoms with Crippen LogP contribution >= 0.6 is 24.0 Å². The van der Waals surface area contributed by atoms with Gasteiger partial charge in [-0.1, -0.05) is 19.1 Å². The third-order valence-electron chi connectivity index (χ3n) is 5.21. The molecule has 1 fully saturated rings. The molecule has 0 aliphatic carbocycles. The molecule has 0 bridgehead atoms. The molecule has 30 heavy (non-hydrogen) atoms. The van der Waals surface area contributed by atoms with E-state index in [0.717, 1.165) is 37.7 Å². The highest BCUT2D eigenvalue weighted by molar-refractivity contribution is 14.0. The van der Waals surface area contributed by atoms with Gasteiger partial charge in [-0.3, -0.25) is 9.69 Å². The lowest BCUT2D eigenvalue weighted by atomic mass is 10.1. The van der Waals surface area contributed by atoms with Gasteiger partial charge in [-0.25, -0.2) is 4.99 Å². The molecule has 0 spiro atoms. The normalized spacial score (nSPS) is 17.0. The number of nitrogens with one attached hydrogen (secondary N) is 3. The van der Waals surface area contributed by atoms with Gasteiger partial charge >= 0.3 is 0 Å². The summed E-state index contributed by atoms with van der Waals surface area (Å²) in [7, 11) is 3.99. The first-order valence-corrected chi connectivity index (χ1v) is 10.8. The summed E-state index contributed by atoms with van der Waals surface area (Å²) in [5.41, 5.74) is 1.71. The molecule has 0 saturated carbocycles. The maximum absolute atomic E-state index is 12.3.